The van der Waals surface area contributed by atoms with Gasteiger partial charge in [0.1, 0.15) is 17.6 Å². The summed E-state index contributed by atoms with van der Waals surface area (Å²) in [6.07, 6.45) is 3.78. The van der Waals surface area contributed by atoms with Crippen LogP contribution in [0.5, 0.6) is 11.5 Å². The first-order valence-electron chi connectivity index (χ1n) is 10.2. The molecule has 1 aliphatic heterocycles. The van der Waals surface area contributed by atoms with Crippen molar-refractivity contribution in [2.75, 3.05) is 19.7 Å². The number of halogens is 1. The highest BCUT2D eigenvalue weighted by molar-refractivity contribution is 14.0. The van der Waals surface area contributed by atoms with Gasteiger partial charge in [0.05, 0.1) is 19.3 Å². The fourth-order valence-corrected chi connectivity index (χ4v) is 3.30. The summed E-state index contributed by atoms with van der Waals surface area (Å²) in [7, 11) is 0. The normalized spacial score (nSPS) is 16.1. The molecule has 3 rings (SSSR count). The lowest BCUT2D eigenvalue weighted by molar-refractivity contribution is 0.180. The van der Waals surface area contributed by atoms with Gasteiger partial charge in [-0.3, -0.25) is 4.98 Å². The SMILES string of the molecule is CCNC(=NCc1cc2c(cc1OCC)CC(C)O2)NCC(O)c1ccncc1.I. The molecule has 30 heavy (non-hydrogen) atoms. The van der Waals surface area contributed by atoms with E-state index in [2.05, 4.69) is 33.6 Å². The molecule has 0 amide bonds. The summed E-state index contributed by atoms with van der Waals surface area (Å²) in [4.78, 5) is 8.65. The van der Waals surface area contributed by atoms with E-state index in [0.717, 1.165) is 35.6 Å². The zero-order valence-corrected chi connectivity index (χ0v) is 20.1. The van der Waals surface area contributed by atoms with Crippen LogP contribution in [0.4, 0.5) is 0 Å². The standard InChI is InChI=1S/C22H30N4O3.HI/c1-4-24-22(26-14-19(27)16-6-8-23-9-7-16)25-13-18-12-21-17(10-15(3)29-21)11-20(18)28-5-2;/h6-9,11-12,15,19,27H,4-5,10,13-14H2,1-3H3,(H2,24,25,26);1H. The fraction of sp³-hybridized carbons (Fsp3) is 0.455. The van der Waals surface area contributed by atoms with Gasteiger partial charge in [0.2, 0.25) is 0 Å². The van der Waals surface area contributed by atoms with Crippen LogP contribution in [-0.4, -0.2) is 41.9 Å². The number of ether oxygens (including phenoxy) is 2. The van der Waals surface area contributed by atoms with Crippen LogP contribution < -0.4 is 20.1 Å². The molecule has 0 fully saturated rings. The number of benzene rings is 1. The summed E-state index contributed by atoms with van der Waals surface area (Å²) in [5.41, 5.74) is 2.97. The molecular weight excluding hydrogens is 495 g/mol. The van der Waals surface area contributed by atoms with Crippen LogP contribution in [-0.2, 0) is 13.0 Å². The van der Waals surface area contributed by atoms with Gasteiger partial charge in [0.25, 0.3) is 0 Å². The number of nitrogens with zero attached hydrogens (tertiary/aromatic N) is 2. The summed E-state index contributed by atoms with van der Waals surface area (Å²) in [6.45, 7) is 8.17. The van der Waals surface area contributed by atoms with E-state index in [1.54, 1.807) is 24.5 Å². The number of guanidine groups is 1. The second-order valence-electron chi connectivity index (χ2n) is 7.01. The second-order valence-corrected chi connectivity index (χ2v) is 7.01. The quantitative estimate of drug-likeness (QED) is 0.278. The minimum atomic E-state index is -0.643. The Labute approximate surface area is 195 Å². The molecule has 1 aromatic heterocycles. The van der Waals surface area contributed by atoms with Crippen molar-refractivity contribution >= 4 is 29.9 Å². The van der Waals surface area contributed by atoms with Gasteiger partial charge >= 0.3 is 0 Å². The number of hydrogen-bond donors (Lipinski definition) is 3. The molecule has 8 heteroatoms. The third kappa shape index (κ3) is 6.46. The number of rotatable bonds is 8. The molecule has 2 atom stereocenters. The highest BCUT2D eigenvalue weighted by Gasteiger charge is 2.21. The van der Waals surface area contributed by atoms with Gasteiger partial charge in [-0.15, -0.1) is 24.0 Å². The number of fused-ring (bicyclic) bond motifs is 1. The van der Waals surface area contributed by atoms with Crippen molar-refractivity contribution in [2.24, 2.45) is 4.99 Å². The molecular formula is C22H31IN4O3. The average Bonchev–Trinajstić information content (AvgIpc) is 3.09. The monoisotopic (exact) mass is 526 g/mol. The lowest BCUT2D eigenvalue weighted by Gasteiger charge is -2.16. The lowest BCUT2D eigenvalue weighted by Crippen LogP contribution is -2.39. The van der Waals surface area contributed by atoms with Crippen molar-refractivity contribution in [3.63, 3.8) is 0 Å². The first-order valence-corrected chi connectivity index (χ1v) is 10.2. The Balaban J connectivity index is 0.00000320. The molecule has 0 saturated carbocycles. The average molecular weight is 526 g/mol. The molecule has 3 N–H and O–H groups in total. The van der Waals surface area contributed by atoms with E-state index in [9.17, 15) is 5.11 Å². The van der Waals surface area contributed by atoms with Crippen molar-refractivity contribution < 1.29 is 14.6 Å². The molecule has 0 saturated heterocycles. The molecule has 2 aromatic rings. The molecule has 2 heterocycles. The number of aliphatic hydroxyl groups is 1. The van der Waals surface area contributed by atoms with E-state index in [1.807, 2.05) is 19.9 Å². The first kappa shape index (κ1) is 24.2. The van der Waals surface area contributed by atoms with Crippen molar-refractivity contribution in [3.8, 4) is 11.5 Å². The lowest BCUT2D eigenvalue weighted by atomic mass is 10.1. The minimum Gasteiger partial charge on any atom is -0.494 e. The van der Waals surface area contributed by atoms with Crippen LogP contribution in [0.1, 0.15) is 43.6 Å². The molecule has 1 aliphatic rings. The Morgan fingerprint density at radius 1 is 1.30 bits per heavy atom. The van der Waals surface area contributed by atoms with Gasteiger partial charge in [-0.2, -0.15) is 0 Å². The summed E-state index contributed by atoms with van der Waals surface area (Å²) >= 11 is 0. The molecule has 0 spiro atoms. The van der Waals surface area contributed by atoms with Crippen molar-refractivity contribution in [3.05, 3.63) is 53.3 Å². The van der Waals surface area contributed by atoms with Crippen LogP contribution in [0.15, 0.2) is 41.7 Å². The Hall–Kier alpha value is -2.07. The predicted molar refractivity (Wildman–Crippen MR) is 129 cm³/mol. The summed E-state index contributed by atoms with van der Waals surface area (Å²) in [5, 5.41) is 16.8. The minimum absolute atomic E-state index is 0. The maximum Gasteiger partial charge on any atom is 0.191 e. The Kier molecular flexibility index (Phi) is 9.64. The highest BCUT2D eigenvalue weighted by Crippen LogP contribution is 2.35. The number of aliphatic imine (C=N–C) groups is 1. The molecule has 164 valence electrons. The number of pyridine rings is 1. The first-order chi connectivity index (χ1) is 14.1. The number of aromatic nitrogens is 1. The molecule has 0 aliphatic carbocycles. The smallest absolute Gasteiger partial charge is 0.191 e. The summed E-state index contributed by atoms with van der Waals surface area (Å²) in [6, 6.07) is 7.70. The highest BCUT2D eigenvalue weighted by atomic mass is 127. The largest absolute Gasteiger partial charge is 0.494 e. The van der Waals surface area contributed by atoms with E-state index in [4.69, 9.17) is 9.47 Å². The molecule has 7 nitrogen and oxygen atoms in total. The van der Waals surface area contributed by atoms with Crippen LogP contribution in [0, 0.1) is 0 Å². The third-order valence-electron chi connectivity index (χ3n) is 4.68. The van der Waals surface area contributed by atoms with E-state index < -0.39 is 6.10 Å². The second kappa shape index (κ2) is 11.9. The number of nitrogens with one attached hydrogen (secondary N) is 2. The van der Waals surface area contributed by atoms with Gasteiger partial charge in [0.15, 0.2) is 5.96 Å². The van der Waals surface area contributed by atoms with Crippen molar-refractivity contribution in [1.29, 1.82) is 0 Å². The van der Waals surface area contributed by atoms with Gasteiger partial charge in [-0.1, -0.05) is 0 Å². The summed E-state index contributed by atoms with van der Waals surface area (Å²) < 4.78 is 11.7. The van der Waals surface area contributed by atoms with E-state index in [1.165, 1.54) is 5.56 Å². The molecule has 1 aromatic carbocycles. The van der Waals surface area contributed by atoms with Crippen molar-refractivity contribution in [2.45, 2.75) is 45.9 Å². The Bertz CT molecular complexity index is 833. The topological polar surface area (TPSA) is 88.0 Å². The van der Waals surface area contributed by atoms with Gasteiger partial charge < -0.3 is 25.2 Å². The zero-order chi connectivity index (χ0) is 20.6. The Morgan fingerprint density at radius 2 is 2.07 bits per heavy atom. The summed E-state index contributed by atoms with van der Waals surface area (Å²) in [5.74, 6) is 2.40. The molecule has 2 unspecified atom stereocenters. The predicted octanol–water partition coefficient (Wildman–Crippen LogP) is 3.21. The fourth-order valence-electron chi connectivity index (χ4n) is 3.30. The van der Waals surface area contributed by atoms with Gasteiger partial charge in [-0.05, 0) is 50.6 Å². The van der Waals surface area contributed by atoms with Crippen LogP contribution >= 0.6 is 24.0 Å². The number of aliphatic hydroxyl groups excluding tert-OH is 1. The Morgan fingerprint density at radius 3 is 2.77 bits per heavy atom. The maximum absolute atomic E-state index is 10.4. The zero-order valence-electron chi connectivity index (χ0n) is 17.7. The van der Waals surface area contributed by atoms with Crippen LogP contribution in [0.2, 0.25) is 0 Å². The van der Waals surface area contributed by atoms with Gasteiger partial charge in [0, 0.05) is 43.0 Å². The van der Waals surface area contributed by atoms with Crippen molar-refractivity contribution in [1.82, 2.24) is 15.6 Å². The molecule has 0 radical (unpaired) electrons. The van der Waals surface area contributed by atoms with E-state index in [-0.39, 0.29) is 30.1 Å². The third-order valence-corrected chi connectivity index (χ3v) is 4.68. The maximum atomic E-state index is 10.4. The van der Waals surface area contributed by atoms with Gasteiger partial charge in [-0.25, -0.2) is 4.99 Å². The van der Waals surface area contributed by atoms with E-state index >= 15 is 0 Å². The van der Waals surface area contributed by atoms with Crippen LogP contribution in [0.3, 0.4) is 0 Å². The number of hydrogen-bond acceptors (Lipinski definition) is 5. The van der Waals surface area contributed by atoms with E-state index in [0.29, 0.717) is 25.7 Å². The van der Waals surface area contributed by atoms with Crippen LogP contribution in [0.25, 0.3) is 0 Å². The molecule has 0 bridgehead atoms.